The van der Waals surface area contributed by atoms with Crippen LogP contribution in [0.25, 0.3) is 11.0 Å². The van der Waals surface area contributed by atoms with Crippen molar-refractivity contribution >= 4 is 16.9 Å². The van der Waals surface area contributed by atoms with Crippen LogP contribution >= 0.6 is 0 Å². The molecular formula is C23H25N3O4. The Kier molecular flexibility index (Phi) is 5.20. The van der Waals surface area contributed by atoms with Gasteiger partial charge in [0.1, 0.15) is 11.2 Å². The van der Waals surface area contributed by atoms with Gasteiger partial charge in [-0.25, -0.2) is 4.98 Å². The van der Waals surface area contributed by atoms with Crippen LogP contribution in [0.15, 0.2) is 35.3 Å². The summed E-state index contributed by atoms with van der Waals surface area (Å²) in [6.07, 6.45) is 3.19. The molecule has 1 aliphatic carbocycles. The van der Waals surface area contributed by atoms with E-state index in [-0.39, 0.29) is 22.9 Å². The molecule has 1 atom stereocenters. The maximum Gasteiger partial charge on any atom is 0.257 e. The van der Waals surface area contributed by atoms with Crippen LogP contribution in [0.4, 0.5) is 0 Å². The van der Waals surface area contributed by atoms with Crippen molar-refractivity contribution in [2.45, 2.75) is 39.3 Å². The number of carbonyl (C=O) groups is 1. The lowest BCUT2D eigenvalue weighted by molar-refractivity contribution is 0.0935. The summed E-state index contributed by atoms with van der Waals surface area (Å²) in [5.41, 5.74) is 3.36. The topological polar surface area (TPSA) is 82.5 Å². The second-order valence-electron chi connectivity index (χ2n) is 7.45. The van der Waals surface area contributed by atoms with Crippen LogP contribution < -0.4 is 20.2 Å². The zero-order chi connectivity index (χ0) is 21.4. The molecule has 30 heavy (non-hydrogen) atoms. The van der Waals surface area contributed by atoms with Crippen molar-refractivity contribution in [2.24, 2.45) is 0 Å². The predicted octanol–water partition coefficient (Wildman–Crippen LogP) is 3.16. The summed E-state index contributed by atoms with van der Waals surface area (Å²) in [5.74, 6) is 0.918. The van der Waals surface area contributed by atoms with Crippen molar-refractivity contribution in [3.05, 3.63) is 63.1 Å². The summed E-state index contributed by atoms with van der Waals surface area (Å²) in [6, 6.07) is 7.20. The van der Waals surface area contributed by atoms with Gasteiger partial charge in [0.05, 0.1) is 25.6 Å². The van der Waals surface area contributed by atoms with Crippen LogP contribution in [0.5, 0.6) is 11.5 Å². The second-order valence-corrected chi connectivity index (χ2v) is 7.45. The SMILES string of the molecule is CCn1cc(C(=O)N[C@H]2CCc3cc(OC)c(OC)cc32)c(=O)c2ccc(C)nc21. The van der Waals surface area contributed by atoms with E-state index >= 15 is 0 Å². The highest BCUT2D eigenvalue weighted by Crippen LogP contribution is 2.39. The molecule has 4 rings (SSSR count). The van der Waals surface area contributed by atoms with E-state index in [1.165, 1.54) is 0 Å². The van der Waals surface area contributed by atoms with E-state index in [0.717, 1.165) is 29.7 Å². The number of amides is 1. The smallest absolute Gasteiger partial charge is 0.257 e. The molecule has 156 valence electrons. The number of nitrogens with zero attached hydrogens (tertiary/aromatic N) is 2. The fourth-order valence-electron chi connectivity index (χ4n) is 4.08. The molecule has 2 heterocycles. The van der Waals surface area contributed by atoms with Crippen LogP contribution in [0.2, 0.25) is 0 Å². The number of carbonyl (C=O) groups excluding carboxylic acids is 1. The van der Waals surface area contributed by atoms with E-state index < -0.39 is 0 Å². The van der Waals surface area contributed by atoms with Gasteiger partial charge in [0.15, 0.2) is 11.5 Å². The van der Waals surface area contributed by atoms with E-state index in [1.54, 1.807) is 32.5 Å². The van der Waals surface area contributed by atoms with Crippen molar-refractivity contribution in [2.75, 3.05) is 14.2 Å². The fraction of sp³-hybridized carbons (Fsp3) is 0.348. The number of ether oxygens (including phenoxy) is 2. The Hall–Kier alpha value is -3.35. The van der Waals surface area contributed by atoms with Crippen molar-refractivity contribution < 1.29 is 14.3 Å². The summed E-state index contributed by atoms with van der Waals surface area (Å²) in [4.78, 5) is 30.6. The average molecular weight is 407 g/mol. The number of hydrogen-bond acceptors (Lipinski definition) is 5. The molecule has 2 aromatic heterocycles. The third-order valence-corrected chi connectivity index (χ3v) is 5.67. The van der Waals surface area contributed by atoms with Crippen molar-refractivity contribution in [1.82, 2.24) is 14.9 Å². The number of methoxy groups -OCH3 is 2. The summed E-state index contributed by atoms with van der Waals surface area (Å²) < 4.78 is 12.6. The summed E-state index contributed by atoms with van der Waals surface area (Å²) in [5, 5.41) is 3.49. The molecule has 0 unspecified atom stereocenters. The number of fused-ring (bicyclic) bond motifs is 2. The number of rotatable bonds is 5. The summed E-state index contributed by atoms with van der Waals surface area (Å²) >= 11 is 0. The van der Waals surface area contributed by atoms with Gasteiger partial charge >= 0.3 is 0 Å². The highest BCUT2D eigenvalue weighted by molar-refractivity contribution is 5.97. The Morgan fingerprint density at radius 1 is 1.23 bits per heavy atom. The maximum absolute atomic E-state index is 13.1. The lowest BCUT2D eigenvalue weighted by atomic mass is 10.1. The molecule has 0 saturated heterocycles. The molecule has 1 N–H and O–H groups in total. The lowest BCUT2D eigenvalue weighted by Crippen LogP contribution is -2.32. The van der Waals surface area contributed by atoms with Crippen molar-refractivity contribution in [1.29, 1.82) is 0 Å². The number of pyridine rings is 2. The molecule has 0 bridgehead atoms. The Morgan fingerprint density at radius 2 is 1.97 bits per heavy atom. The van der Waals surface area contributed by atoms with Crippen LogP contribution in [0.1, 0.15) is 46.6 Å². The van der Waals surface area contributed by atoms with Gasteiger partial charge in [0.25, 0.3) is 5.91 Å². The second kappa shape index (κ2) is 7.82. The fourth-order valence-corrected chi connectivity index (χ4v) is 4.08. The first-order valence-electron chi connectivity index (χ1n) is 10.0. The molecule has 0 spiro atoms. The quantitative estimate of drug-likeness (QED) is 0.703. The first-order chi connectivity index (χ1) is 14.5. The van der Waals surface area contributed by atoms with Crippen molar-refractivity contribution in [3.8, 4) is 11.5 Å². The maximum atomic E-state index is 13.1. The van der Waals surface area contributed by atoms with Crippen LogP contribution in [0.3, 0.4) is 0 Å². The number of nitrogens with one attached hydrogen (secondary N) is 1. The van der Waals surface area contributed by atoms with Gasteiger partial charge in [0.2, 0.25) is 5.43 Å². The standard InChI is InChI=1S/C23H25N3O4/c1-5-26-12-17(21(27)15-8-6-13(2)24-22(15)26)23(28)25-18-9-7-14-10-19(29-3)20(30-4)11-16(14)18/h6,8,10-12,18H,5,7,9H2,1-4H3,(H,25,28)/t18-/m0/s1. The molecule has 7 heteroatoms. The van der Waals surface area contributed by atoms with Gasteiger partial charge in [-0.05, 0) is 62.1 Å². The van der Waals surface area contributed by atoms with E-state index in [9.17, 15) is 9.59 Å². The highest BCUT2D eigenvalue weighted by atomic mass is 16.5. The van der Waals surface area contributed by atoms with Crippen molar-refractivity contribution in [3.63, 3.8) is 0 Å². The number of benzene rings is 1. The summed E-state index contributed by atoms with van der Waals surface area (Å²) in [6.45, 7) is 4.45. The minimum Gasteiger partial charge on any atom is -0.493 e. The zero-order valence-corrected chi connectivity index (χ0v) is 17.6. The summed E-state index contributed by atoms with van der Waals surface area (Å²) in [7, 11) is 3.19. The first-order valence-corrected chi connectivity index (χ1v) is 10.0. The van der Waals surface area contributed by atoms with Gasteiger partial charge in [-0.1, -0.05) is 0 Å². The largest absolute Gasteiger partial charge is 0.493 e. The Morgan fingerprint density at radius 3 is 2.67 bits per heavy atom. The minimum atomic E-state index is -0.377. The normalized spacial score (nSPS) is 15.1. The molecule has 0 radical (unpaired) electrons. The number of aromatic nitrogens is 2. The zero-order valence-electron chi connectivity index (χ0n) is 17.6. The third kappa shape index (κ3) is 3.30. The van der Waals surface area contributed by atoms with Crippen LogP contribution in [-0.4, -0.2) is 29.7 Å². The molecule has 1 aliphatic rings. The average Bonchev–Trinajstić information content (AvgIpc) is 3.14. The monoisotopic (exact) mass is 407 g/mol. The van der Waals surface area contributed by atoms with E-state index in [0.29, 0.717) is 29.1 Å². The molecular weight excluding hydrogens is 382 g/mol. The Balaban J connectivity index is 1.70. The minimum absolute atomic E-state index is 0.129. The first kappa shape index (κ1) is 19.9. The molecule has 0 aliphatic heterocycles. The predicted molar refractivity (Wildman–Crippen MR) is 114 cm³/mol. The van der Waals surface area contributed by atoms with Gasteiger partial charge in [0, 0.05) is 18.4 Å². The van der Waals surface area contributed by atoms with E-state index in [2.05, 4.69) is 10.3 Å². The van der Waals surface area contributed by atoms with Crippen LogP contribution in [0, 0.1) is 6.92 Å². The molecule has 0 saturated carbocycles. The van der Waals surface area contributed by atoms with Crippen LogP contribution in [-0.2, 0) is 13.0 Å². The highest BCUT2D eigenvalue weighted by Gasteiger charge is 2.28. The molecule has 0 fully saturated rings. The van der Waals surface area contributed by atoms with Gasteiger partial charge in [-0.15, -0.1) is 0 Å². The Bertz CT molecular complexity index is 1200. The third-order valence-electron chi connectivity index (χ3n) is 5.67. The molecule has 1 aromatic carbocycles. The number of hydrogen-bond donors (Lipinski definition) is 1. The van der Waals surface area contributed by atoms with E-state index in [4.69, 9.17) is 9.47 Å². The molecule has 3 aromatic rings. The van der Waals surface area contributed by atoms with Gasteiger partial charge < -0.3 is 19.4 Å². The van der Waals surface area contributed by atoms with E-state index in [1.807, 2.05) is 30.5 Å². The Labute approximate surface area is 174 Å². The number of aryl methyl sites for hydroxylation is 3. The lowest BCUT2D eigenvalue weighted by Gasteiger charge is -2.17. The van der Waals surface area contributed by atoms with Gasteiger partial charge in [-0.3, -0.25) is 9.59 Å². The molecule has 7 nitrogen and oxygen atoms in total. The molecule has 1 amide bonds. The van der Waals surface area contributed by atoms with Gasteiger partial charge in [-0.2, -0.15) is 0 Å².